The molecule has 1 atom stereocenters. The molecule has 0 radical (unpaired) electrons. The summed E-state index contributed by atoms with van der Waals surface area (Å²) >= 11 is 0. The molecule has 0 aliphatic carbocycles. The first-order valence-electron chi connectivity index (χ1n) is 6.35. The van der Waals surface area contributed by atoms with Crippen LogP contribution in [0.15, 0.2) is 35.1 Å². The van der Waals surface area contributed by atoms with E-state index in [9.17, 15) is 4.79 Å². The Balaban J connectivity index is 2.20. The van der Waals surface area contributed by atoms with Crippen molar-refractivity contribution in [2.24, 2.45) is 0 Å². The second-order valence-electron chi connectivity index (χ2n) is 4.97. The summed E-state index contributed by atoms with van der Waals surface area (Å²) < 4.78 is 1.82. The van der Waals surface area contributed by atoms with Crippen molar-refractivity contribution in [3.05, 3.63) is 52.1 Å². The number of hydrogen-bond donors (Lipinski definition) is 0. The maximum atomic E-state index is 12.1. The van der Waals surface area contributed by atoms with Crippen LogP contribution in [0.2, 0.25) is 0 Å². The molecule has 3 heteroatoms. The molecular formula is C15H16N2O. The fourth-order valence-electron chi connectivity index (χ4n) is 2.65. The van der Waals surface area contributed by atoms with Crippen molar-refractivity contribution in [3.63, 3.8) is 0 Å². The summed E-state index contributed by atoms with van der Waals surface area (Å²) in [4.78, 5) is 16.8. The second kappa shape index (κ2) is 4.09. The first kappa shape index (κ1) is 11.2. The van der Waals surface area contributed by atoms with Gasteiger partial charge in [-0.2, -0.15) is 0 Å². The molecule has 3 rings (SSSR count). The van der Waals surface area contributed by atoms with Gasteiger partial charge in [0, 0.05) is 24.1 Å². The summed E-state index contributed by atoms with van der Waals surface area (Å²) in [7, 11) is 0. The van der Waals surface area contributed by atoms with Crippen molar-refractivity contribution in [2.45, 2.75) is 32.7 Å². The maximum absolute atomic E-state index is 12.1. The molecule has 0 spiro atoms. The minimum absolute atomic E-state index is 0.0725. The van der Waals surface area contributed by atoms with Gasteiger partial charge in [-0.3, -0.25) is 9.36 Å². The van der Waals surface area contributed by atoms with Crippen LogP contribution in [0.4, 0.5) is 0 Å². The molecule has 92 valence electrons. The van der Waals surface area contributed by atoms with Gasteiger partial charge in [0.2, 0.25) is 0 Å². The Labute approximate surface area is 106 Å². The van der Waals surface area contributed by atoms with Crippen molar-refractivity contribution < 1.29 is 0 Å². The largest absolute Gasteiger partial charge is 0.294 e. The summed E-state index contributed by atoms with van der Waals surface area (Å²) in [6.07, 6.45) is 1.91. The average Bonchev–Trinajstić information content (AvgIpc) is 2.72. The molecule has 0 fully saturated rings. The van der Waals surface area contributed by atoms with Gasteiger partial charge in [0.1, 0.15) is 5.82 Å². The standard InChI is InChI=1S/C15H16N2O/c1-10-5-3-4-6-12(10)13-9-15(18)17-11(2)7-8-14(17)16-13/h3-6,9,11H,7-8H2,1-2H3/t11-/m1/s1. The van der Waals surface area contributed by atoms with Crippen LogP contribution in [0, 0.1) is 6.92 Å². The fourth-order valence-corrected chi connectivity index (χ4v) is 2.65. The molecule has 0 bridgehead atoms. The summed E-state index contributed by atoms with van der Waals surface area (Å²) in [5.74, 6) is 0.924. The highest BCUT2D eigenvalue weighted by molar-refractivity contribution is 5.62. The molecule has 1 aliphatic heterocycles. The highest BCUT2D eigenvalue weighted by Gasteiger charge is 2.21. The normalized spacial score (nSPS) is 17.8. The minimum atomic E-state index is 0.0725. The Hall–Kier alpha value is -1.90. The van der Waals surface area contributed by atoms with Crippen LogP contribution in [-0.2, 0) is 6.42 Å². The molecule has 0 amide bonds. The lowest BCUT2D eigenvalue weighted by atomic mass is 10.1. The highest BCUT2D eigenvalue weighted by atomic mass is 16.1. The number of nitrogens with zero attached hydrogens (tertiary/aromatic N) is 2. The Morgan fingerprint density at radius 3 is 2.89 bits per heavy atom. The number of hydrogen-bond acceptors (Lipinski definition) is 2. The first-order valence-corrected chi connectivity index (χ1v) is 6.35. The second-order valence-corrected chi connectivity index (χ2v) is 4.97. The van der Waals surface area contributed by atoms with Gasteiger partial charge in [-0.1, -0.05) is 24.3 Å². The van der Waals surface area contributed by atoms with E-state index in [1.54, 1.807) is 6.07 Å². The Morgan fingerprint density at radius 1 is 1.33 bits per heavy atom. The third-order valence-corrected chi connectivity index (χ3v) is 3.67. The molecule has 1 aromatic heterocycles. The molecule has 3 nitrogen and oxygen atoms in total. The van der Waals surface area contributed by atoms with E-state index in [1.807, 2.05) is 35.8 Å². The lowest BCUT2D eigenvalue weighted by Crippen LogP contribution is -2.22. The van der Waals surface area contributed by atoms with Gasteiger partial charge in [0.05, 0.1) is 5.69 Å². The summed E-state index contributed by atoms with van der Waals surface area (Å²) in [5.41, 5.74) is 3.08. The van der Waals surface area contributed by atoms with Gasteiger partial charge in [0.25, 0.3) is 5.56 Å². The molecule has 2 heterocycles. The zero-order valence-corrected chi connectivity index (χ0v) is 10.7. The number of fused-ring (bicyclic) bond motifs is 1. The average molecular weight is 240 g/mol. The number of aromatic nitrogens is 2. The zero-order chi connectivity index (χ0) is 12.7. The van der Waals surface area contributed by atoms with E-state index in [-0.39, 0.29) is 11.6 Å². The molecule has 0 saturated carbocycles. The van der Waals surface area contributed by atoms with Gasteiger partial charge in [0.15, 0.2) is 0 Å². The predicted molar refractivity (Wildman–Crippen MR) is 71.7 cm³/mol. The van der Waals surface area contributed by atoms with E-state index in [0.29, 0.717) is 0 Å². The zero-order valence-electron chi connectivity index (χ0n) is 10.7. The monoisotopic (exact) mass is 240 g/mol. The molecule has 1 aliphatic rings. The molecule has 1 aromatic carbocycles. The lowest BCUT2D eigenvalue weighted by molar-refractivity contribution is 0.560. The van der Waals surface area contributed by atoms with E-state index in [2.05, 4.69) is 11.9 Å². The maximum Gasteiger partial charge on any atom is 0.254 e. The van der Waals surface area contributed by atoms with E-state index >= 15 is 0 Å². The Morgan fingerprint density at radius 2 is 2.11 bits per heavy atom. The summed E-state index contributed by atoms with van der Waals surface area (Å²) in [5, 5.41) is 0. The van der Waals surface area contributed by atoms with Crippen molar-refractivity contribution in [1.82, 2.24) is 9.55 Å². The van der Waals surface area contributed by atoms with Gasteiger partial charge in [-0.25, -0.2) is 4.98 Å². The molecule has 18 heavy (non-hydrogen) atoms. The van der Waals surface area contributed by atoms with E-state index in [1.165, 1.54) is 0 Å². The van der Waals surface area contributed by atoms with Crippen LogP contribution in [0.5, 0.6) is 0 Å². The van der Waals surface area contributed by atoms with Gasteiger partial charge in [-0.05, 0) is 25.8 Å². The summed E-state index contributed by atoms with van der Waals surface area (Å²) in [6.45, 7) is 4.12. The summed E-state index contributed by atoms with van der Waals surface area (Å²) in [6, 6.07) is 9.99. The van der Waals surface area contributed by atoms with Crippen molar-refractivity contribution in [3.8, 4) is 11.3 Å². The van der Waals surface area contributed by atoms with Crippen molar-refractivity contribution in [2.75, 3.05) is 0 Å². The van der Waals surface area contributed by atoms with Crippen LogP contribution < -0.4 is 5.56 Å². The van der Waals surface area contributed by atoms with Crippen molar-refractivity contribution in [1.29, 1.82) is 0 Å². The molecule has 2 aromatic rings. The van der Waals surface area contributed by atoms with Crippen LogP contribution in [0.25, 0.3) is 11.3 Å². The van der Waals surface area contributed by atoms with Crippen LogP contribution in [-0.4, -0.2) is 9.55 Å². The van der Waals surface area contributed by atoms with Crippen LogP contribution in [0.1, 0.15) is 30.8 Å². The van der Waals surface area contributed by atoms with Crippen LogP contribution >= 0.6 is 0 Å². The third kappa shape index (κ3) is 1.67. The van der Waals surface area contributed by atoms with E-state index in [0.717, 1.165) is 35.5 Å². The smallest absolute Gasteiger partial charge is 0.254 e. The lowest BCUT2D eigenvalue weighted by Gasteiger charge is -2.10. The van der Waals surface area contributed by atoms with Gasteiger partial charge >= 0.3 is 0 Å². The molecule has 0 saturated heterocycles. The van der Waals surface area contributed by atoms with Gasteiger partial charge in [-0.15, -0.1) is 0 Å². The quantitative estimate of drug-likeness (QED) is 0.768. The number of benzene rings is 1. The highest BCUT2D eigenvalue weighted by Crippen LogP contribution is 2.25. The molecule has 0 unspecified atom stereocenters. The minimum Gasteiger partial charge on any atom is -0.294 e. The molecular weight excluding hydrogens is 224 g/mol. The Kier molecular flexibility index (Phi) is 2.54. The number of aryl methyl sites for hydroxylation is 2. The predicted octanol–water partition coefficient (Wildman–Crippen LogP) is 2.73. The topological polar surface area (TPSA) is 34.9 Å². The van der Waals surface area contributed by atoms with E-state index < -0.39 is 0 Å². The SMILES string of the molecule is Cc1ccccc1-c1cc(=O)n2c(n1)CC[C@H]2C. The number of rotatable bonds is 1. The first-order chi connectivity index (χ1) is 8.66. The van der Waals surface area contributed by atoms with Crippen molar-refractivity contribution >= 4 is 0 Å². The third-order valence-electron chi connectivity index (χ3n) is 3.67. The van der Waals surface area contributed by atoms with Crippen LogP contribution in [0.3, 0.4) is 0 Å². The van der Waals surface area contributed by atoms with Gasteiger partial charge < -0.3 is 0 Å². The Bertz CT molecular complexity index is 658. The fraction of sp³-hybridized carbons (Fsp3) is 0.333. The van der Waals surface area contributed by atoms with E-state index in [4.69, 9.17) is 0 Å². The molecule has 0 N–H and O–H groups in total.